The Hall–Kier alpha value is -0.860. The molecule has 1 fully saturated rings. The Labute approximate surface area is 122 Å². The summed E-state index contributed by atoms with van der Waals surface area (Å²) in [5, 5.41) is 18.2. The summed E-state index contributed by atoms with van der Waals surface area (Å²) in [4.78, 5) is 0. The molecule has 0 heterocycles. The summed E-state index contributed by atoms with van der Waals surface area (Å²) in [5.41, 5.74) is 1.44. The molecular formula is C18H28O2. The highest BCUT2D eigenvalue weighted by Crippen LogP contribution is 2.37. The van der Waals surface area contributed by atoms with E-state index in [9.17, 15) is 0 Å². The van der Waals surface area contributed by atoms with Gasteiger partial charge in [-0.15, -0.1) is 0 Å². The normalized spacial score (nSPS) is 22.6. The molecule has 2 nitrogen and oxygen atoms in total. The maximum Gasteiger partial charge on any atom is 0.151 e. The molecular weight excluding hydrogens is 248 g/mol. The molecule has 2 rings (SSSR count). The number of unbranched alkanes of at least 4 members (excludes halogenated alkanes) is 2. The van der Waals surface area contributed by atoms with Gasteiger partial charge in [0.1, 0.15) is 0 Å². The third kappa shape index (κ3) is 5.26. The van der Waals surface area contributed by atoms with Crippen molar-refractivity contribution in [2.45, 2.75) is 64.1 Å². The highest BCUT2D eigenvalue weighted by Gasteiger charge is 2.27. The van der Waals surface area contributed by atoms with Gasteiger partial charge < -0.3 is 10.2 Å². The first-order valence-corrected chi connectivity index (χ1v) is 8.16. The summed E-state index contributed by atoms with van der Waals surface area (Å²) in [7, 11) is 0. The molecule has 1 aliphatic rings. The van der Waals surface area contributed by atoms with Crippen molar-refractivity contribution in [1.29, 1.82) is 0 Å². The van der Waals surface area contributed by atoms with Gasteiger partial charge in [0, 0.05) is 6.42 Å². The summed E-state index contributed by atoms with van der Waals surface area (Å²) in [6.07, 6.45) is 9.51. The highest BCUT2D eigenvalue weighted by molar-refractivity contribution is 5.14. The number of hydrogen-bond acceptors (Lipinski definition) is 2. The lowest BCUT2D eigenvalue weighted by Crippen LogP contribution is -2.16. The zero-order valence-corrected chi connectivity index (χ0v) is 12.4. The standard InChI is InChI=1S/C18H28O2/c19-18(20)14-17-13-7-12-16(17)11-6-2-5-10-15-8-3-1-4-9-15/h1,3-4,8-9,16-20H,2,5-7,10-14H2/t16?,17-/m1/s1. The second kappa shape index (κ2) is 8.43. The third-order valence-corrected chi connectivity index (χ3v) is 4.71. The Morgan fingerprint density at radius 3 is 2.45 bits per heavy atom. The van der Waals surface area contributed by atoms with E-state index in [-0.39, 0.29) is 0 Å². The molecule has 1 unspecified atom stereocenters. The van der Waals surface area contributed by atoms with Gasteiger partial charge in [0.15, 0.2) is 6.29 Å². The van der Waals surface area contributed by atoms with Crippen molar-refractivity contribution >= 4 is 0 Å². The molecule has 1 aromatic rings. The molecule has 0 spiro atoms. The van der Waals surface area contributed by atoms with E-state index in [1.165, 1.54) is 56.9 Å². The second-order valence-electron chi connectivity index (χ2n) is 6.25. The lowest BCUT2D eigenvalue weighted by atomic mass is 9.88. The number of rotatable bonds is 8. The first kappa shape index (κ1) is 15.5. The van der Waals surface area contributed by atoms with E-state index >= 15 is 0 Å². The lowest BCUT2D eigenvalue weighted by Gasteiger charge is -2.20. The molecule has 20 heavy (non-hydrogen) atoms. The lowest BCUT2D eigenvalue weighted by molar-refractivity contribution is -0.0594. The molecule has 1 aliphatic carbocycles. The summed E-state index contributed by atoms with van der Waals surface area (Å²) < 4.78 is 0. The molecule has 112 valence electrons. The summed E-state index contributed by atoms with van der Waals surface area (Å²) in [5.74, 6) is 1.28. The average molecular weight is 276 g/mol. The van der Waals surface area contributed by atoms with Crippen LogP contribution in [-0.2, 0) is 6.42 Å². The number of hydrogen-bond donors (Lipinski definition) is 2. The van der Waals surface area contributed by atoms with Crippen LogP contribution in [0.4, 0.5) is 0 Å². The fraction of sp³-hybridized carbons (Fsp3) is 0.667. The van der Waals surface area contributed by atoms with Crippen LogP contribution in [0.5, 0.6) is 0 Å². The summed E-state index contributed by atoms with van der Waals surface area (Å²) in [6, 6.07) is 10.7. The first-order valence-electron chi connectivity index (χ1n) is 8.16. The Morgan fingerprint density at radius 1 is 0.950 bits per heavy atom. The fourth-order valence-corrected chi connectivity index (χ4v) is 3.63. The van der Waals surface area contributed by atoms with Crippen molar-refractivity contribution in [1.82, 2.24) is 0 Å². The van der Waals surface area contributed by atoms with Gasteiger partial charge in [-0.25, -0.2) is 0 Å². The zero-order valence-electron chi connectivity index (χ0n) is 12.4. The van der Waals surface area contributed by atoms with E-state index in [1.54, 1.807) is 0 Å². The van der Waals surface area contributed by atoms with Gasteiger partial charge >= 0.3 is 0 Å². The predicted octanol–water partition coefficient (Wildman–Crippen LogP) is 3.91. The van der Waals surface area contributed by atoms with Gasteiger partial charge in [-0.3, -0.25) is 0 Å². The van der Waals surface area contributed by atoms with Crippen molar-refractivity contribution < 1.29 is 10.2 Å². The monoisotopic (exact) mass is 276 g/mol. The first-order chi connectivity index (χ1) is 9.75. The van der Waals surface area contributed by atoms with E-state index in [4.69, 9.17) is 10.2 Å². The van der Waals surface area contributed by atoms with Crippen LogP contribution in [0.15, 0.2) is 30.3 Å². The van der Waals surface area contributed by atoms with Crippen LogP contribution in [0.3, 0.4) is 0 Å². The van der Waals surface area contributed by atoms with Crippen LogP contribution in [-0.4, -0.2) is 16.5 Å². The molecule has 0 radical (unpaired) electrons. The van der Waals surface area contributed by atoms with Gasteiger partial charge in [-0.2, -0.15) is 0 Å². The van der Waals surface area contributed by atoms with Crippen molar-refractivity contribution in [2.24, 2.45) is 11.8 Å². The van der Waals surface area contributed by atoms with Crippen LogP contribution < -0.4 is 0 Å². The Kier molecular flexibility index (Phi) is 6.55. The van der Waals surface area contributed by atoms with Gasteiger partial charge in [0.25, 0.3) is 0 Å². The molecule has 0 amide bonds. The maximum atomic E-state index is 9.12. The molecule has 2 atom stereocenters. The number of benzene rings is 1. The van der Waals surface area contributed by atoms with Gasteiger partial charge in [-0.05, 0) is 36.7 Å². The number of aliphatic hydroxyl groups is 2. The van der Waals surface area contributed by atoms with E-state index in [1.807, 2.05) is 0 Å². The van der Waals surface area contributed by atoms with Gasteiger partial charge in [0.05, 0.1) is 0 Å². The zero-order chi connectivity index (χ0) is 14.2. The van der Waals surface area contributed by atoms with Crippen molar-refractivity contribution in [3.05, 3.63) is 35.9 Å². The minimum atomic E-state index is -1.11. The smallest absolute Gasteiger partial charge is 0.151 e. The topological polar surface area (TPSA) is 40.5 Å². The third-order valence-electron chi connectivity index (χ3n) is 4.71. The van der Waals surface area contributed by atoms with Crippen LogP contribution >= 0.6 is 0 Å². The van der Waals surface area contributed by atoms with Crippen LogP contribution in [0.1, 0.15) is 56.9 Å². The molecule has 0 bridgehead atoms. The SMILES string of the molecule is OC(O)C[C@H]1CCCC1CCCCCc1ccccc1. The molecule has 2 N–H and O–H groups in total. The quantitative estimate of drug-likeness (QED) is 0.558. The van der Waals surface area contributed by atoms with E-state index in [2.05, 4.69) is 30.3 Å². The Morgan fingerprint density at radius 2 is 1.70 bits per heavy atom. The largest absolute Gasteiger partial charge is 0.368 e. The molecule has 0 aliphatic heterocycles. The van der Waals surface area contributed by atoms with Crippen molar-refractivity contribution in [3.63, 3.8) is 0 Å². The summed E-state index contributed by atoms with van der Waals surface area (Å²) in [6.45, 7) is 0. The van der Waals surface area contributed by atoms with Crippen molar-refractivity contribution in [3.8, 4) is 0 Å². The highest BCUT2D eigenvalue weighted by atomic mass is 16.5. The minimum absolute atomic E-state index is 0.545. The van der Waals surface area contributed by atoms with Crippen molar-refractivity contribution in [2.75, 3.05) is 0 Å². The molecule has 1 saturated carbocycles. The second-order valence-corrected chi connectivity index (χ2v) is 6.25. The van der Waals surface area contributed by atoms with E-state index < -0.39 is 6.29 Å². The average Bonchev–Trinajstić information content (AvgIpc) is 2.86. The molecule has 0 saturated heterocycles. The van der Waals surface area contributed by atoms with Crippen LogP contribution in [0.25, 0.3) is 0 Å². The summed E-state index contributed by atoms with van der Waals surface area (Å²) >= 11 is 0. The predicted molar refractivity (Wildman–Crippen MR) is 82.3 cm³/mol. The van der Waals surface area contributed by atoms with Gasteiger partial charge in [0.2, 0.25) is 0 Å². The molecule has 2 heteroatoms. The fourth-order valence-electron chi connectivity index (χ4n) is 3.63. The minimum Gasteiger partial charge on any atom is -0.368 e. The van der Waals surface area contributed by atoms with Gasteiger partial charge in [-0.1, -0.05) is 62.4 Å². The maximum absolute atomic E-state index is 9.12. The van der Waals surface area contributed by atoms with E-state index in [0.29, 0.717) is 12.3 Å². The Balaban J connectivity index is 1.58. The van der Waals surface area contributed by atoms with Crippen LogP contribution in [0.2, 0.25) is 0 Å². The molecule has 0 aromatic heterocycles. The molecule has 1 aromatic carbocycles. The number of aryl methyl sites for hydroxylation is 1. The number of aliphatic hydroxyl groups excluding tert-OH is 1. The van der Waals surface area contributed by atoms with Crippen LogP contribution in [0, 0.1) is 11.8 Å². The van der Waals surface area contributed by atoms with E-state index in [0.717, 1.165) is 5.92 Å². The Bertz CT molecular complexity index is 361.